The van der Waals surface area contributed by atoms with Crippen molar-refractivity contribution in [1.82, 2.24) is 0 Å². The van der Waals surface area contributed by atoms with Crippen LogP contribution < -0.4 is 0 Å². The highest BCUT2D eigenvalue weighted by Gasteiger charge is 2.19. The van der Waals surface area contributed by atoms with E-state index in [9.17, 15) is 9.90 Å². The van der Waals surface area contributed by atoms with Gasteiger partial charge in [-0.1, -0.05) is 5.16 Å². The Labute approximate surface area is 83.7 Å². The smallest absolute Gasteiger partial charge is 0.358 e. The monoisotopic (exact) mass is 203 g/mol. The second-order valence-corrected chi connectivity index (χ2v) is 3.03. The number of nitrogens with zero attached hydrogens (tertiary/aromatic N) is 1. The largest absolute Gasteiger partial charge is 0.461 e. The van der Waals surface area contributed by atoms with Gasteiger partial charge in [-0.15, -0.1) is 0 Å². The van der Waals surface area contributed by atoms with E-state index in [1.165, 1.54) is 6.92 Å². The molecule has 0 heterocycles. The van der Waals surface area contributed by atoms with E-state index in [-0.39, 0.29) is 18.4 Å². The zero-order valence-corrected chi connectivity index (χ0v) is 8.98. The first kappa shape index (κ1) is 12.9. The second-order valence-electron chi connectivity index (χ2n) is 3.03. The number of carbonyl (C=O) groups is 1. The molecule has 0 rings (SSSR count). The molecule has 0 aliphatic heterocycles. The Morgan fingerprint density at radius 3 is 2.36 bits per heavy atom. The minimum atomic E-state index is -0.993. The van der Waals surface area contributed by atoms with Crippen LogP contribution in [0.3, 0.4) is 0 Å². The third-order valence-electron chi connectivity index (χ3n) is 1.24. The maximum atomic E-state index is 11.2. The first-order valence-corrected chi connectivity index (χ1v) is 4.57. The fourth-order valence-electron chi connectivity index (χ4n) is 0.651. The highest BCUT2D eigenvalue weighted by atomic mass is 16.6. The average molecular weight is 203 g/mol. The molecule has 0 radical (unpaired) electrons. The summed E-state index contributed by atoms with van der Waals surface area (Å²) in [7, 11) is 0. The Morgan fingerprint density at radius 2 is 2.00 bits per heavy atom. The van der Waals surface area contributed by atoms with Gasteiger partial charge in [0.05, 0.1) is 6.61 Å². The fraction of sp³-hybridized carbons (Fsp3) is 0.778. The number of rotatable bonds is 5. The van der Waals surface area contributed by atoms with E-state index < -0.39 is 12.1 Å². The Hall–Kier alpha value is -1.10. The maximum Gasteiger partial charge on any atom is 0.358 e. The van der Waals surface area contributed by atoms with E-state index in [0.717, 1.165) is 0 Å². The zero-order chi connectivity index (χ0) is 11.1. The van der Waals surface area contributed by atoms with Crippen LogP contribution in [0.15, 0.2) is 5.16 Å². The van der Waals surface area contributed by atoms with E-state index in [4.69, 9.17) is 4.84 Å². The summed E-state index contributed by atoms with van der Waals surface area (Å²) in [6.45, 7) is 6.90. The lowest BCUT2D eigenvalue weighted by atomic mass is 10.2. The Kier molecular flexibility index (Phi) is 5.87. The molecule has 1 atom stereocenters. The van der Waals surface area contributed by atoms with Crippen molar-refractivity contribution in [3.63, 3.8) is 0 Å². The lowest BCUT2D eigenvalue weighted by Gasteiger charge is -2.09. The summed E-state index contributed by atoms with van der Waals surface area (Å²) in [5, 5.41) is 12.7. The SMILES string of the molecule is CCOC(=O)C(=NOC(C)C)C(C)O. The highest BCUT2D eigenvalue weighted by Crippen LogP contribution is 1.96. The highest BCUT2D eigenvalue weighted by molar-refractivity contribution is 6.37. The van der Waals surface area contributed by atoms with Crippen LogP contribution in [0, 0.1) is 0 Å². The van der Waals surface area contributed by atoms with Crippen molar-refractivity contribution in [1.29, 1.82) is 0 Å². The Balaban J connectivity index is 4.42. The summed E-state index contributed by atoms with van der Waals surface area (Å²) >= 11 is 0. The normalized spacial score (nSPS) is 14.0. The van der Waals surface area contributed by atoms with Crippen LogP contribution in [0.4, 0.5) is 0 Å². The number of aliphatic hydroxyl groups excluding tert-OH is 1. The van der Waals surface area contributed by atoms with Gasteiger partial charge in [0.15, 0.2) is 5.71 Å². The predicted octanol–water partition coefficient (Wildman–Crippen LogP) is 0.711. The predicted molar refractivity (Wildman–Crippen MR) is 52.0 cm³/mol. The van der Waals surface area contributed by atoms with E-state index in [1.54, 1.807) is 20.8 Å². The van der Waals surface area contributed by atoms with Gasteiger partial charge in [-0.3, -0.25) is 0 Å². The summed E-state index contributed by atoms with van der Waals surface area (Å²) in [5.41, 5.74) is -0.111. The summed E-state index contributed by atoms with van der Waals surface area (Å²) in [6, 6.07) is 0. The third kappa shape index (κ3) is 4.81. The molecule has 0 amide bonds. The molecule has 1 unspecified atom stereocenters. The van der Waals surface area contributed by atoms with Crippen LogP contribution in [0.2, 0.25) is 0 Å². The Morgan fingerprint density at radius 1 is 1.43 bits per heavy atom. The summed E-state index contributed by atoms with van der Waals surface area (Å²) < 4.78 is 4.69. The van der Waals surface area contributed by atoms with Gasteiger partial charge in [0.2, 0.25) is 0 Å². The molecular formula is C9H17NO4. The lowest BCUT2D eigenvalue weighted by Crippen LogP contribution is -2.28. The summed E-state index contributed by atoms with van der Waals surface area (Å²) in [6.07, 6.45) is -1.13. The molecular weight excluding hydrogens is 186 g/mol. The van der Waals surface area contributed by atoms with Crippen LogP contribution in [-0.2, 0) is 14.4 Å². The summed E-state index contributed by atoms with van der Waals surface area (Å²) in [4.78, 5) is 16.1. The van der Waals surface area contributed by atoms with E-state index in [1.807, 2.05) is 0 Å². The topological polar surface area (TPSA) is 68.1 Å². The first-order chi connectivity index (χ1) is 6.49. The number of esters is 1. The first-order valence-electron chi connectivity index (χ1n) is 4.57. The number of aliphatic hydroxyl groups is 1. The standard InChI is InChI=1S/C9H17NO4/c1-5-13-9(12)8(7(4)11)10-14-6(2)3/h6-7,11H,5H2,1-4H3. The van der Waals surface area contributed by atoms with Crippen LogP contribution in [0.5, 0.6) is 0 Å². The molecule has 0 aromatic heterocycles. The molecule has 0 spiro atoms. The third-order valence-corrected chi connectivity index (χ3v) is 1.24. The molecule has 0 aromatic carbocycles. The number of hydrogen-bond donors (Lipinski definition) is 1. The molecule has 0 aliphatic rings. The number of oxime groups is 1. The van der Waals surface area contributed by atoms with Crippen molar-refractivity contribution >= 4 is 11.7 Å². The minimum Gasteiger partial charge on any atom is -0.461 e. The molecule has 14 heavy (non-hydrogen) atoms. The zero-order valence-electron chi connectivity index (χ0n) is 8.98. The molecule has 5 heteroatoms. The van der Waals surface area contributed by atoms with Gasteiger partial charge in [-0.25, -0.2) is 4.79 Å². The van der Waals surface area contributed by atoms with Gasteiger partial charge < -0.3 is 14.7 Å². The van der Waals surface area contributed by atoms with Crippen molar-refractivity contribution < 1.29 is 19.5 Å². The second kappa shape index (κ2) is 6.37. The van der Waals surface area contributed by atoms with E-state index in [2.05, 4.69) is 9.89 Å². The molecule has 0 fully saturated rings. The van der Waals surface area contributed by atoms with Crippen LogP contribution in [0.25, 0.3) is 0 Å². The van der Waals surface area contributed by atoms with Gasteiger partial charge in [0.1, 0.15) is 12.2 Å². The molecule has 5 nitrogen and oxygen atoms in total. The number of carbonyl (C=O) groups excluding carboxylic acids is 1. The van der Waals surface area contributed by atoms with Gasteiger partial charge in [-0.2, -0.15) is 0 Å². The maximum absolute atomic E-state index is 11.2. The van der Waals surface area contributed by atoms with Gasteiger partial charge >= 0.3 is 5.97 Å². The lowest BCUT2D eigenvalue weighted by molar-refractivity contribution is -0.135. The van der Waals surface area contributed by atoms with Crippen molar-refractivity contribution in [3.8, 4) is 0 Å². The quantitative estimate of drug-likeness (QED) is 0.406. The van der Waals surface area contributed by atoms with Crippen LogP contribution >= 0.6 is 0 Å². The molecule has 0 saturated heterocycles. The molecule has 0 aromatic rings. The molecule has 0 aliphatic carbocycles. The molecule has 0 saturated carbocycles. The van der Waals surface area contributed by atoms with E-state index >= 15 is 0 Å². The van der Waals surface area contributed by atoms with E-state index in [0.29, 0.717) is 0 Å². The van der Waals surface area contributed by atoms with Crippen molar-refractivity contribution in [2.45, 2.75) is 39.9 Å². The summed E-state index contributed by atoms with van der Waals surface area (Å²) in [5.74, 6) is -0.650. The molecule has 0 bridgehead atoms. The number of ether oxygens (including phenoxy) is 1. The fourth-order valence-corrected chi connectivity index (χ4v) is 0.651. The number of hydrogen-bond acceptors (Lipinski definition) is 5. The van der Waals surface area contributed by atoms with Gasteiger partial charge in [-0.05, 0) is 27.7 Å². The molecule has 1 N–H and O–H groups in total. The Bertz CT molecular complexity index is 211. The minimum absolute atomic E-state index is 0.111. The average Bonchev–Trinajstić information content (AvgIpc) is 2.03. The van der Waals surface area contributed by atoms with Crippen molar-refractivity contribution in [2.75, 3.05) is 6.61 Å². The van der Waals surface area contributed by atoms with Gasteiger partial charge in [0, 0.05) is 0 Å². The van der Waals surface area contributed by atoms with Crippen LogP contribution in [0.1, 0.15) is 27.7 Å². The van der Waals surface area contributed by atoms with Crippen molar-refractivity contribution in [3.05, 3.63) is 0 Å². The van der Waals surface area contributed by atoms with Crippen molar-refractivity contribution in [2.24, 2.45) is 5.16 Å². The van der Waals surface area contributed by atoms with Gasteiger partial charge in [0.25, 0.3) is 0 Å². The van der Waals surface area contributed by atoms with Crippen LogP contribution in [-0.4, -0.2) is 35.6 Å². The molecule has 82 valence electrons.